The van der Waals surface area contributed by atoms with Gasteiger partial charge in [0.15, 0.2) is 0 Å². The van der Waals surface area contributed by atoms with Crippen molar-refractivity contribution in [1.29, 1.82) is 0 Å². The van der Waals surface area contributed by atoms with E-state index in [2.05, 4.69) is 29.6 Å². The number of rotatable bonds is 6. The summed E-state index contributed by atoms with van der Waals surface area (Å²) >= 11 is 0. The number of allylic oxidation sites excluding steroid dienone is 1. The van der Waals surface area contributed by atoms with Crippen LogP contribution < -0.4 is 11.1 Å². The van der Waals surface area contributed by atoms with Crippen LogP contribution in [0.4, 0.5) is 0 Å². The van der Waals surface area contributed by atoms with Crippen molar-refractivity contribution in [2.45, 2.75) is 19.4 Å². The molecule has 3 N–H and O–H groups in total. The third-order valence-corrected chi connectivity index (χ3v) is 2.96. The van der Waals surface area contributed by atoms with Crippen molar-refractivity contribution < 1.29 is 4.42 Å². The van der Waals surface area contributed by atoms with Gasteiger partial charge in [0.2, 0.25) is 0 Å². The third kappa shape index (κ3) is 3.00. The lowest BCUT2D eigenvalue weighted by Crippen LogP contribution is -2.28. The fraction of sp³-hybridized carbons (Fsp3) is 0.333. The van der Waals surface area contributed by atoms with Crippen LogP contribution in [0.5, 0.6) is 0 Å². The van der Waals surface area contributed by atoms with Gasteiger partial charge in [-0.25, -0.2) is 0 Å². The van der Waals surface area contributed by atoms with E-state index in [0.717, 1.165) is 29.7 Å². The second-order valence-corrected chi connectivity index (χ2v) is 4.29. The number of hydrogen-bond donors (Lipinski definition) is 2. The fourth-order valence-corrected chi connectivity index (χ4v) is 1.98. The minimum absolute atomic E-state index is 0.0858. The normalized spacial score (nSPS) is 13.4. The molecule has 1 aromatic carbocycles. The summed E-state index contributed by atoms with van der Waals surface area (Å²) in [5.74, 6) is 0.916. The van der Waals surface area contributed by atoms with Crippen LogP contribution in [0.15, 0.2) is 46.9 Å². The van der Waals surface area contributed by atoms with Crippen molar-refractivity contribution >= 4 is 11.0 Å². The lowest BCUT2D eigenvalue weighted by Gasteiger charge is -2.13. The van der Waals surface area contributed by atoms with Crippen LogP contribution in [0.3, 0.4) is 0 Å². The molecule has 0 spiro atoms. The highest BCUT2D eigenvalue weighted by atomic mass is 16.3. The summed E-state index contributed by atoms with van der Waals surface area (Å²) in [7, 11) is 0. The Hall–Kier alpha value is -1.58. The summed E-state index contributed by atoms with van der Waals surface area (Å²) in [5.41, 5.74) is 6.72. The van der Waals surface area contributed by atoms with Crippen LogP contribution in [0.1, 0.15) is 25.1 Å². The first-order chi connectivity index (χ1) is 8.85. The monoisotopic (exact) mass is 244 g/mol. The summed E-state index contributed by atoms with van der Waals surface area (Å²) < 4.78 is 5.82. The summed E-state index contributed by atoms with van der Waals surface area (Å²) in [6.07, 6.45) is 5.20. The molecule has 0 radical (unpaired) electrons. The molecule has 0 aliphatic rings. The van der Waals surface area contributed by atoms with Gasteiger partial charge in [-0.2, -0.15) is 0 Å². The van der Waals surface area contributed by atoms with Crippen LogP contribution in [0.25, 0.3) is 11.0 Å². The molecular formula is C15H20N2O. The first kappa shape index (κ1) is 12.9. The van der Waals surface area contributed by atoms with E-state index in [1.807, 2.05) is 25.1 Å². The zero-order valence-electron chi connectivity index (χ0n) is 10.7. The van der Waals surface area contributed by atoms with E-state index in [1.54, 1.807) is 0 Å². The van der Waals surface area contributed by atoms with Crippen molar-refractivity contribution in [3.05, 3.63) is 48.2 Å². The molecule has 0 aliphatic heterocycles. The van der Waals surface area contributed by atoms with Gasteiger partial charge in [-0.1, -0.05) is 30.4 Å². The molecule has 1 atom stereocenters. The molecule has 2 rings (SSSR count). The number of nitrogens with one attached hydrogen (secondary N) is 1. The molecule has 18 heavy (non-hydrogen) atoms. The van der Waals surface area contributed by atoms with Gasteiger partial charge in [0, 0.05) is 11.9 Å². The first-order valence-corrected chi connectivity index (χ1v) is 6.38. The van der Waals surface area contributed by atoms with Gasteiger partial charge in [0.25, 0.3) is 0 Å². The molecule has 0 bridgehead atoms. The van der Waals surface area contributed by atoms with E-state index >= 15 is 0 Å². The topological polar surface area (TPSA) is 51.2 Å². The Labute approximate surface area is 108 Å². The minimum Gasteiger partial charge on any atom is -0.459 e. The molecule has 1 aromatic heterocycles. The average Bonchev–Trinajstić information content (AvgIpc) is 2.82. The summed E-state index contributed by atoms with van der Waals surface area (Å²) in [4.78, 5) is 0. The van der Waals surface area contributed by atoms with E-state index in [0.29, 0.717) is 6.54 Å². The highest BCUT2D eigenvalue weighted by Gasteiger charge is 2.13. The SMILES string of the molecule is C/C=C/CCNC(CN)c1cc2ccccc2o1. The molecule has 1 unspecified atom stereocenters. The minimum atomic E-state index is 0.0858. The van der Waals surface area contributed by atoms with E-state index in [9.17, 15) is 0 Å². The molecule has 0 saturated heterocycles. The number of fused-ring (bicyclic) bond motifs is 1. The molecule has 3 nitrogen and oxygen atoms in total. The van der Waals surface area contributed by atoms with Gasteiger partial charge in [0.1, 0.15) is 11.3 Å². The Morgan fingerprint density at radius 3 is 2.94 bits per heavy atom. The fourth-order valence-electron chi connectivity index (χ4n) is 1.98. The number of para-hydroxylation sites is 1. The largest absolute Gasteiger partial charge is 0.459 e. The van der Waals surface area contributed by atoms with Crippen molar-refractivity contribution in [2.24, 2.45) is 5.73 Å². The van der Waals surface area contributed by atoms with E-state index in [-0.39, 0.29) is 6.04 Å². The zero-order valence-corrected chi connectivity index (χ0v) is 10.7. The van der Waals surface area contributed by atoms with Crippen molar-refractivity contribution in [1.82, 2.24) is 5.32 Å². The maximum atomic E-state index is 5.82. The quantitative estimate of drug-likeness (QED) is 0.606. The summed E-state index contributed by atoms with van der Waals surface area (Å²) in [6, 6.07) is 10.2. The van der Waals surface area contributed by atoms with Gasteiger partial charge < -0.3 is 15.5 Å². The molecule has 0 aliphatic carbocycles. The van der Waals surface area contributed by atoms with Gasteiger partial charge >= 0.3 is 0 Å². The Balaban J connectivity index is 2.06. The molecule has 0 fully saturated rings. The Morgan fingerprint density at radius 2 is 2.22 bits per heavy atom. The highest BCUT2D eigenvalue weighted by molar-refractivity contribution is 5.77. The predicted octanol–water partition coefficient (Wildman–Crippen LogP) is 2.99. The van der Waals surface area contributed by atoms with Gasteiger partial charge in [-0.15, -0.1) is 0 Å². The number of benzene rings is 1. The number of furan rings is 1. The van der Waals surface area contributed by atoms with Crippen molar-refractivity contribution in [3.8, 4) is 0 Å². The Morgan fingerprint density at radius 1 is 1.39 bits per heavy atom. The smallest absolute Gasteiger partial charge is 0.134 e. The molecule has 3 heteroatoms. The molecule has 0 amide bonds. The third-order valence-electron chi connectivity index (χ3n) is 2.96. The van der Waals surface area contributed by atoms with E-state index in [1.165, 1.54) is 0 Å². The second-order valence-electron chi connectivity index (χ2n) is 4.29. The van der Waals surface area contributed by atoms with Gasteiger partial charge in [-0.3, -0.25) is 0 Å². The average molecular weight is 244 g/mol. The number of hydrogen-bond acceptors (Lipinski definition) is 3. The molecule has 2 aromatic rings. The van der Waals surface area contributed by atoms with Crippen molar-refractivity contribution in [3.63, 3.8) is 0 Å². The van der Waals surface area contributed by atoms with Gasteiger partial charge in [-0.05, 0) is 32.0 Å². The maximum absolute atomic E-state index is 5.82. The highest BCUT2D eigenvalue weighted by Crippen LogP contribution is 2.23. The van der Waals surface area contributed by atoms with Crippen LogP contribution in [-0.4, -0.2) is 13.1 Å². The second kappa shape index (κ2) is 6.38. The Kier molecular flexibility index (Phi) is 4.56. The predicted molar refractivity (Wildman–Crippen MR) is 75.4 cm³/mol. The molecule has 96 valence electrons. The molecule has 1 heterocycles. The maximum Gasteiger partial charge on any atom is 0.134 e. The summed E-state index contributed by atoms with van der Waals surface area (Å²) in [5, 5.41) is 4.54. The zero-order chi connectivity index (χ0) is 12.8. The van der Waals surface area contributed by atoms with Gasteiger partial charge in [0.05, 0.1) is 6.04 Å². The lowest BCUT2D eigenvalue weighted by molar-refractivity contribution is 0.438. The van der Waals surface area contributed by atoms with Crippen LogP contribution in [0.2, 0.25) is 0 Å². The standard InChI is InChI=1S/C15H20N2O/c1-2-3-6-9-17-13(11-16)15-10-12-7-4-5-8-14(12)18-15/h2-5,7-8,10,13,17H,6,9,11,16H2,1H3/b3-2+. The summed E-state index contributed by atoms with van der Waals surface area (Å²) in [6.45, 7) is 3.47. The van der Waals surface area contributed by atoms with Crippen LogP contribution in [-0.2, 0) is 0 Å². The lowest BCUT2D eigenvalue weighted by atomic mass is 10.2. The Bertz CT molecular complexity index is 483. The molecular weight excluding hydrogens is 224 g/mol. The molecule has 0 saturated carbocycles. The first-order valence-electron chi connectivity index (χ1n) is 6.38. The van der Waals surface area contributed by atoms with Crippen LogP contribution in [0, 0.1) is 0 Å². The van der Waals surface area contributed by atoms with Crippen LogP contribution >= 0.6 is 0 Å². The number of nitrogens with two attached hydrogens (primary N) is 1. The van der Waals surface area contributed by atoms with E-state index in [4.69, 9.17) is 10.2 Å². The van der Waals surface area contributed by atoms with E-state index < -0.39 is 0 Å². The van der Waals surface area contributed by atoms with Crippen molar-refractivity contribution in [2.75, 3.05) is 13.1 Å².